The number of hydrogen-bond acceptors (Lipinski definition) is 3. The van der Waals surface area contributed by atoms with Gasteiger partial charge in [0.2, 0.25) is 0 Å². The van der Waals surface area contributed by atoms with E-state index in [0.717, 1.165) is 17.0 Å². The molecule has 0 saturated heterocycles. The second-order valence-corrected chi connectivity index (χ2v) is 5.39. The molecule has 3 nitrogen and oxygen atoms in total. The third-order valence-electron chi connectivity index (χ3n) is 3.51. The fourth-order valence-corrected chi connectivity index (χ4v) is 2.32. The predicted molar refractivity (Wildman–Crippen MR) is 84.2 cm³/mol. The molecule has 2 rings (SSSR count). The summed E-state index contributed by atoms with van der Waals surface area (Å²) in [6.45, 7) is 2.49. The number of halogens is 1. The zero-order valence-corrected chi connectivity index (χ0v) is 12.4. The lowest BCUT2D eigenvalue weighted by atomic mass is 9.92. The van der Waals surface area contributed by atoms with Crippen LogP contribution in [-0.4, -0.2) is 19.2 Å². The van der Waals surface area contributed by atoms with Gasteiger partial charge in [0, 0.05) is 12.2 Å². The van der Waals surface area contributed by atoms with Crippen LogP contribution in [0.5, 0.6) is 5.75 Å². The molecule has 112 valence electrons. The third kappa shape index (κ3) is 3.95. The molecular weight excluding hydrogens is 267 g/mol. The molecule has 0 bridgehead atoms. The second kappa shape index (κ2) is 6.59. The van der Waals surface area contributed by atoms with Crippen LogP contribution in [0.4, 0.5) is 10.1 Å². The molecule has 4 heteroatoms. The van der Waals surface area contributed by atoms with Crippen molar-refractivity contribution in [1.29, 1.82) is 0 Å². The van der Waals surface area contributed by atoms with E-state index in [0.29, 0.717) is 13.0 Å². The summed E-state index contributed by atoms with van der Waals surface area (Å²) in [5.41, 5.74) is 7.54. The van der Waals surface area contributed by atoms with Crippen LogP contribution < -0.4 is 15.8 Å². The molecule has 0 amide bonds. The number of benzene rings is 2. The number of methoxy groups -OCH3 is 1. The summed E-state index contributed by atoms with van der Waals surface area (Å²) < 4.78 is 18.4. The van der Waals surface area contributed by atoms with Crippen molar-refractivity contribution in [2.45, 2.75) is 18.9 Å². The average Bonchev–Trinajstić information content (AvgIpc) is 2.50. The first-order chi connectivity index (χ1) is 10.1. The Kier molecular flexibility index (Phi) is 4.81. The maximum atomic E-state index is 13.0. The van der Waals surface area contributed by atoms with Gasteiger partial charge < -0.3 is 15.8 Å². The van der Waals surface area contributed by atoms with E-state index in [4.69, 9.17) is 10.5 Å². The molecule has 1 unspecified atom stereocenters. The van der Waals surface area contributed by atoms with Crippen LogP contribution in [0, 0.1) is 5.82 Å². The van der Waals surface area contributed by atoms with Crippen LogP contribution in [0.1, 0.15) is 12.5 Å². The average molecular weight is 288 g/mol. The van der Waals surface area contributed by atoms with Crippen LogP contribution in [0.15, 0.2) is 48.5 Å². The van der Waals surface area contributed by atoms with Gasteiger partial charge in [0.15, 0.2) is 0 Å². The topological polar surface area (TPSA) is 47.3 Å². The lowest BCUT2D eigenvalue weighted by Crippen LogP contribution is -2.44. The first-order valence-electron chi connectivity index (χ1n) is 6.92. The molecule has 0 heterocycles. The van der Waals surface area contributed by atoms with Gasteiger partial charge in [-0.15, -0.1) is 0 Å². The normalized spacial score (nSPS) is 13.5. The first-order valence-corrected chi connectivity index (χ1v) is 6.92. The van der Waals surface area contributed by atoms with Gasteiger partial charge in [-0.1, -0.05) is 18.2 Å². The Morgan fingerprint density at radius 3 is 2.43 bits per heavy atom. The quantitative estimate of drug-likeness (QED) is 0.858. The zero-order valence-electron chi connectivity index (χ0n) is 12.4. The Hall–Kier alpha value is -2.07. The van der Waals surface area contributed by atoms with Crippen molar-refractivity contribution >= 4 is 5.69 Å². The fourth-order valence-electron chi connectivity index (χ4n) is 2.32. The van der Waals surface area contributed by atoms with E-state index in [-0.39, 0.29) is 11.4 Å². The van der Waals surface area contributed by atoms with E-state index in [1.165, 1.54) is 12.1 Å². The summed E-state index contributed by atoms with van der Waals surface area (Å²) >= 11 is 0. The second-order valence-electron chi connectivity index (χ2n) is 5.39. The number of nitrogens with two attached hydrogens (primary N) is 1. The molecule has 0 radical (unpaired) electrons. The monoisotopic (exact) mass is 288 g/mol. The number of rotatable bonds is 6. The van der Waals surface area contributed by atoms with E-state index < -0.39 is 0 Å². The van der Waals surface area contributed by atoms with Gasteiger partial charge in [0.1, 0.15) is 11.6 Å². The Balaban J connectivity index is 2.18. The first kappa shape index (κ1) is 15.3. The molecule has 0 aliphatic carbocycles. The summed E-state index contributed by atoms with van der Waals surface area (Å²) in [6.07, 6.45) is 0.713. The maximum Gasteiger partial charge on any atom is 0.123 e. The van der Waals surface area contributed by atoms with Crippen LogP contribution in [0.25, 0.3) is 0 Å². The van der Waals surface area contributed by atoms with Gasteiger partial charge in [0.25, 0.3) is 0 Å². The standard InChI is InChI=1S/C17H21FN2O/c1-17(12-19,20-15-9-7-14(18)8-10-15)11-13-5-3-4-6-16(13)21-2/h3-10,20H,11-12,19H2,1-2H3. The summed E-state index contributed by atoms with van der Waals surface area (Å²) in [5.74, 6) is 0.595. The minimum atomic E-state index is -0.341. The largest absolute Gasteiger partial charge is 0.496 e. The summed E-state index contributed by atoms with van der Waals surface area (Å²) in [7, 11) is 1.66. The molecule has 1 atom stereocenters. The molecule has 0 aliphatic heterocycles. The molecule has 21 heavy (non-hydrogen) atoms. The molecule has 2 aromatic rings. The highest BCUT2D eigenvalue weighted by atomic mass is 19.1. The van der Waals surface area contributed by atoms with Crippen molar-refractivity contribution in [3.05, 3.63) is 59.9 Å². The SMILES string of the molecule is COc1ccccc1CC(C)(CN)Nc1ccc(F)cc1. The van der Waals surface area contributed by atoms with Crippen molar-refractivity contribution in [3.63, 3.8) is 0 Å². The van der Waals surface area contributed by atoms with Crippen LogP contribution in [0.3, 0.4) is 0 Å². The van der Waals surface area contributed by atoms with Gasteiger partial charge in [-0.2, -0.15) is 0 Å². The number of para-hydroxylation sites is 1. The van der Waals surface area contributed by atoms with E-state index >= 15 is 0 Å². The van der Waals surface area contributed by atoms with E-state index in [9.17, 15) is 4.39 Å². The lowest BCUT2D eigenvalue weighted by Gasteiger charge is -2.31. The number of nitrogens with one attached hydrogen (secondary N) is 1. The van der Waals surface area contributed by atoms with Gasteiger partial charge in [-0.25, -0.2) is 4.39 Å². The Morgan fingerprint density at radius 1 is 1.14 bits per heavy atom. The van der Waals surface area contributed by atoms with Gasteiger partial charge in [0.05, 0.1) is 12.6 Å². The summed E-state index contributed by atoms with van der Waals surface area (Å²) in [6, 6.07) is 14.2. The van der Waals surface area contributed by atoms with Crippen LogP contribution in [-0.2, 0) is 6.42 Å². The third-order valence-corrected chi connectivity index (χ3v) is 3.51. The van der Waals surface area contributed by atoms with Crippen molar-refractivity contribution in [2.24, 2.45) is 5.73 Å². The Labute approximate surface area is 124 Å². The molecule has 0 spiro atoms. The maximum absolute atomic E-state index is 13.0. The predicted octanol–water partition coefficient (Wildman–Crippen LogP) is 3.21. The summed E-state index contributed by atoms with van der Waals surface area (Å²) in [5, 5.41) is 3.38. The Bertz CT molecular complexity index is 586. The van der Waals surface area contributed by atoms with Crippen molar-refractivity contribution < 1.29 is 9.13 Å². The molecular formula is C17H21FN2O. The Morgan fingerprint density at radius 2 is 1.81 bits per heavy atom. The highest BCUT2D eigenvalue weighted by Crippen LogP contribution is 2.25. The molecule has 0 aromatic heterocycles. The summed E-state index contributed by atoms with van der Waals surface area (Å²) in [4.78, 5) is 0. The highest BCUT2D eigenvalue weighted by molar-refractivity contribution is 5.47. The number of ether oxygens (including phenoxy) is 1. The minimum Gasteiger partial charge on any atom is -0.496 e. The van der Waals surface area contributed by atoms with Gasteiger partial charge in [-0.3, -0.25) is 0 Å². The lowest BCUT2D eigenvalue weighted by molar-refractivity contribution is 0.403. The van der Waals surface area contributed by atoms with E-state index in [1.54, 1.807) is 19.2 Å². The highest BCUT2D eigenvalue weighted by Gasteiger charge is 2.24. The van der Waals surface area contributed by atoms with Crippen LogP contribution in [0.2, 0.25) is 0 Å². The molecule has 0 fully saturated rings. The van der Waals surface area contributed by atoms with Gasteiger partial charge in [-0.05, 0) is 49.2 Å². The van der Waals surface area contributed by atoms with Gasteiger partial charge >= 0.3 is 0 Å². The molecule has 0 aliphatic rings. The van der Waals surface area contributed by atoms with Crippen molar-refractivity contribution in [1.82, 2.24) is 0 Å². The number of hydrogen-bond donors (Lipinski definition) is 2. The molecule has 0 saturated carbocycles. The fraction of sp³-hybridized carbons (Fsp3) is 0.294. The van der Waals surface area contributed by atoms with E-state index in [2.05, 4.69) is 5.32 Å². The number of anilines is 1. The smallest absolute Gasteiger partial charge is 0.123 e. The zero-order chi connectivity index (χ0) is 15.3. The van der Waals surface area contributed by atoms with E-state index in [1.807, 2.05) is 31.2 Å². The molecule has 3 N–H and O–H groups in total. The minimum absolute atomic E-state index is 0.250. The molecule has 2 aromatic carbocycles. The van der Waals surface area contributed by atoms with Crippen molar-refractivity contribution in [3.8, 4) is 5.75 Å². The van der Waals surface area contributed by atoms with Crippen LogP contribution >= 0.6 is 0 Å². The van der Waals surface area contributed by atoms with Crippen molar-refractivity contribution in [2.75, 3.05) is 19.0 Å².